The second-order valence-corrected chi connectivity index (χ2v) is 3.66. The lowest BCUT2D eigenvalue weighted by Crippen LogP contribution is -2.34. The quantitative estimate of drug-likeness (QED) is 0.597. The lowest BCUT2D eigenvalue weighted by Gasteiger charge is -2.18. The molecule has 0 aliphatic carbocycles. The van der Waals surface area contributed by atoms with E-state index in [2.05, 4.69) is 0 Å². The summed E-state index contributed by atoms with van der Waals surface area (Å²) in [7, 11) is 3.72. The van der Waals surface area contributed by atoms with E-state index in [1.807, 2.05) is 39.8 Å². The van der Waals surface area contributed by atoms with Gasteiger partial charge in [0.05, 0.1) is 6.61 Å². The summed E-state index contributed by atoms with van der Waals surface area (Å²) in [6.45, 7) is 6.39. The van der Waals surface area contributed by atoms with Crippen molar-refractivity contribution in [3.63, 3.8) is 0 Å². The minimum Gasteiger partial charge on any atom is -0.464 e. The van der Waals surface area contributed by atoms with Crippen LogP contribution in [0.5, 0.6) is 0 Å². The second-order valence-electron chi connectivity index (χ2n) is 3.66. The Morgan fingerprint density at radius 2 is 1.83 bits per heavy atom. The van der Waals surface area contributed by atoms with Crippen LogP contribution in [0.3, 0.4) is 0 Å². The Morgan fingerprint density at radius 3 is 2.17 bits per heavy atom. The van der Waals surface area contributed by atoms with E-state index in [0.29, 0.717) is 12.5 Å². The minimum absolute atomic E-state index is 0.145. The highest BCUT2D eigenvalue weighted by Crippen LogP contribution is 1.98. The minimum atomic E-state index is -0.149. The fraction of sp³-hybridized carbons (Fsp3) is 0.889. The molecule has 3 nitrogen and oxygen atoms in total. The van der Waals surface area contributed by atoms with E-state index in [1.165, 1.54) is 0 Å². The van der Waals surface area contributed by atoms with E-state index in [1.54, 1.807) is 0 Å². The van der Waals surface area contributed by atoms with Gasteiger partial charge in [0.25, 0.3) is 0 Å². The summed E-state index contributed by atoms with van der Waals surface area (Å²) in [5.74, 6) is 0.261. The van der Waals surface area contributed by atoms with Crippen molar-refractivity contribution >= 4 is 5.97 Å². The van der Waals surface area contributed by atoms with Crippen LogP contribution in [0.25, 0.3) is 0 Å². The van der Waals surface area contributed by atoms with E-state index >= 15 is 0 Å². The van der Waals surface area contributed by atoms with Gasteiger partial charge in [0, 0.05) is 0 Å². The summed E-state index contributed by atoms with van der Waals surface area (Å²) < 4.78 is 5.05. The van der Waals surface area contributed by atoms with Gasteiger partial charge in [0.1, 0.15) is 6.04 Å². The first-order valence-electron chi connectivity index (χ1n) is 4.28. The SMILES string of the molecule is CC(C)COC(=O)C(C)N(C)C. The van der Waals surface area contributed by atoms with Crippen molar-refractivity contribution in [1.29, 1.82) is 0 Å². The summed E-state index contributed by atoms with van der Waals surface area (Å²) in [5, 5.41) is 0. The molecule has 0 rings (SSSR count). The highest BCUT2D eigenvalue weighted by molar-refractivity contribution is 5.75. The Balaban J connectivity index is 3.72. The molecule has 0 saturated heterocycles. The van der Waals surface area contributed by atoms with E-state index in [-0.39, 0.29) is 12.0 Å². The lowest BCUT2D eigenvalue weighted by atomic mass is 10.2. The Hall–Kier alpha value is -0.570. The van der Waals surface area contributed by atoms with Gasteiger partial charge in [-0.25, -0.2) is 0 Å². The Labute approximate surface area is 74.7 Å². The first-order chi connectivity index (χ1) is 5.45. The van der Waals surface area contributed by atoms with Gasteiger partial charge < -0.3 is 4.74 Å². The molecule has 1 unspecified atom stereocenters. The van der Waals surface area contributed by atoms with Crippen molar-refractivity contribution in [2.75, 3.05) is 20.7 Å². The zero-order valence-corrected chi connectivity index (χ0v) is 8.63. The summed E-state index contributed by atoms with van der Waals surface area (Å²) in [5.41, 5.74) is 0. The van der Waals surface area contributed by atoms with Gasteiger partial charge in [-0.1, -0.05) is 13.8 Å². The van der Waals surface area contributed by atoms with Crippen molar-refractivity contribution in [2.45, 2.75) is 26.8 Å². The first kappa shape index (κ1) is 11.4. The van der Waals surface area contributed by atoms with Gasteiger partial charge in [-0.15, -0.1) is 0 Å². The molecule has 0 aromatic heterocycles. The largest absolute Gasteiger partial charge is 0.464 e. The number of carbonyl (C=O) groups is 1. The van der Waals surface area contributed by atoms with Crippen molar-refractivity contribution in [3.05, 3.63) is 0 Å². The van der Waals surface area contributed by atoms with Gasteiger partial charge in [-0.2, -0.15) is 0 Å². The molecule has 3 heteroatoms. The Morgan fingerprint density at radius 1 is 1.33 bits per heavy atom. The van der Waals surface area contributed by atoms with Crippen LogP contribution in [0.4, 0.5) is 0 Å². The van der Waals surface area contributed by atoms with Crippen LogP contribution < -0.4 is 0 Å². The van der Waals surface area contributed by atoms with E-state index < -0.39 is 0 Å². The molecular formula is C9H19NO2. The summed E-state index contributed by atoms with van der Waals surface area (Å²) in [4.78, 5) is 13.1. The van der Waals surface area contributed by atoms with Crippen molar-refractivity contribution in [1.82, 2.24) is 4.90 Å². The Bertz CT molecular complexity index is 143. The fourth-order valence-corrected chi connectivity index (χ4v) is 0.580. The van der Waals surface area contributed by atoms with E-state index in [0.717, 1.165) is 0 Å². The molecule has 0 spiro atoms. The van der Waals surface area contributed by atoms with Crippen LogP contribution in [0.1, 0.15) is 20.8 Å². The van der Waals surface area contributed by atoms with Gasteiger partial charge in [0.15, 0.2) is 0 Å². The normalized spacial score (nSPS) is 13.6. The number of likely N-dealkylation sites (N-methyl/N-ethyl adjacent to an activating group) is 1. The molecule has 12 heavy (non-hydrogen) atoms. The lowest BCUT2D eigenvalue weighted by molar-refractivity contribution is -0.149. The average molecular weight is 173 g/mol. The van der Waals surface area contributed by atoms with E-state index in [9.17, 15) is 4.79 Å². The van der Waals surface area contributed by atoms with Crippen LogP contribution >= 0.6 is 0 Å². The molecule has 0 N–H and O–H groups in total. The van der Waals surface area contributed by atoms with Crippen LogP contribution in [0.2, 0.25) is 0 Å². The molecule has 0 aromatic carbocycles. The van der Waals surface area contributed by atoms with Crippen molar-refractivity contribution < 1.29 is 9.53 Å². The summed E-state index contributed by atoms with van der Waals surface area (Å²) in [6.07, 6.45) is 0. The molecule has 72 valence electrons. The molecule has 0 aliphatic rings. The van der Waals surface area contributed by atoms with Crippen LogP contribution in [0, 0.1) is 5.92 Å². The predicted octanol–water partition coefficient (Wildman–Crippen LogP) is 1.14. The molecule has 1 atom stereocenters. The molecule has 0 heterocycles. The third kappa shape index (κ3) is 4.34. The third-order valence-electron chi connectivity index (χ3n) is 1.67. The maximum Gasteiger partial charge on any atom is 0.323 e. The number of carbonyl (C=O) groups excluding carboxylic acids is 1. The van der Waals surface area contributed by atoms with Gasteiger partial charge >= 0.3 is 5.97 Å². The van der Waals surface area contributed by atoms with Crippen LogP contribution in [-0.4, -0.2) is 37.6 Å². The maximum absolute atomic E-state index is 11.2. The van der Waals surface area contributed by atoms with Gasteiger partial charge in [-0.3, -0.25) is 9.69 Å². The smallest absolute Gasteiger partial charge is 0.323 e. The van der Waals surface area contributed by atoms with Crippen molar-refractivity contribution in [2.24, 2.45) is 5.92 Å². The standard InChI is InChI=1S/C9H19NO2/c1-7(2)6-12-9(11)8(3)10(4)5/h7-8H,6H2,1-5H3. The fourth-order valence-electron chi connectivity index (χ4n) is 0.580. The zero-order chi connectivity index (χ0) is 9.72. The number of hydrogen-bond donors (Lipinski definition) is 0. The number of hydrogen-bond acceptors (Lipinski definition) is 3. The predicted molar refractivity (Wildman–Crippen MR) is 48.9 cm³/mol. The van der Waals surface area contributed by atoms with Gasteiger partial charge in [-0.05, 0) is 26.9 Å². The molecule has 0 fully saturated rings. The van der Waals surface area contributed by atoms with Crippen LogP contribution in [0.15, 0.2) is 0 Å². The molecule has 0 radical (unpaired) electrons. The number of ether oxygens (including phenoxy) is 1. The highest BCUT2D eigenvalue weighted by atomic mass is 16.5. The monoisotopic (exact) mass is 173 g/mol. The molecule has 0 aliphatic heterocycles. The zero-order valence-electron chi connectivity index (χ0n) is 8.63. The number of rotatable bonds is 4. The molecule has 0 saturated carbocycles. The second kappa shape index (κ2) is 5.14. The maximum atomic E-state index is 11.2. The molecule has 0 amide bonds. The first-order valence-corrected chi connectivity index (χ1v) is 4.28. The number of nitrogens with zero attached hydrogens (tertiary/aromatic N) is 1. The van der Waals surface area contributed by atoms with Crippen LogP contribution in [-0.2, 0) is 9.53 Å². The average Bonchev–Trinajstić information content (AvgIpc) is 1.98. The molecule has 0 aromatic rings. The summed E-state index contributed by atoms with van der Waals surface area (Å²) in [6, 6.07) is -0.149. The molecular weight excluding hydrogens is 154 g/mol. The number of esters is 1. The van der Waals surface area contributed by atoms with Crippen molar-refractivity contribution in [3.8, 4) is 0 Å². The molecule has 0 bridgehead atoms. The topological polar surface area (TPSA) is 29.5 Å². The Kier molecular flexibility index (Phi) is 4.90. The van der Waals surface area contributed by atoms with E-state index in [4.69, 9.17) is 4.74 Å². The third-order valence-corrected chi connectivity index (χ3v) is 1.67. The summed E-state index contributed by atoms with van der Waals surface area (Å²) >= 11 is 0. The highest BCUT2D eigenvalue weighted by Gasteiger charge is 2.16. The van der Waals surface area contributed by atoms with Gasteiger partial charge in [0.2, 0.25) is 0 Å².